The zero-order valence-electron chi connectivity index (χ0n) is 16.3. The molecule has 29 heavy (non-hydrogen) atoms. The van der Waals surface area contributed by atoms with Gasteiger partial charge >= 0.3 is 0 Å². The number of nitrogens with one attached hydrogen (secondary N) is 1. The standard InChI is InChI=1S/C21H26N2O4S2/c1-2-3-12-20(24)23-19(21(22)25)15-29(26,27)18-11-7-10-17(13-14-18)28-16-8-5-4-6-9-16/h4-6,8-11,13-14,19H,2-3,7,12,15H2,1H3,(H2,22,25)(H,23,24). The fourth-order valence-corrected chi connectivity index (χ4v) is 5.02. The van der Waals surface area contributed by atoms with Crippen molar-refractivity contribution in [3.63, 3.8) is 0 Å². The van der Waals surface area contributed by atoms with Crippen LogP contribution in [0.4, 0.5) is 0 Å². The number of hydrogen-bond donors (Lipinski definition) is 2. The SMILES string of the molecule is CCCCC(=O)NC(CS(=O)(=O)C1=CCC=C(Sc2ccccc2)C=C1)C(N)=O. The van der Waals surface area contributed by atoms with Gasteiger partial charge < -0.3 is 11.1 Å². The first-order chi connectivity index (χ1) is 13.8. The van der Waals surface area contributed by atoms with E-state index in [2.05, 4.69) is 5.32 Å². The molecule has 1 aromatic rings. The molecule has 1 aromatic carbocycles. The second-order valence-corrected chi connectivity index (χ2v) is 9.79. The van der Waals surface area contributed by atoms with Crippen LogP contribution in [0.3, 0.4) is 0 Å². The first-order valence-electron chi connectivity index (χ1n) is 9.44. The number of hydrogen-bond acceptors (Lipinski definition) is 5. The zero-order valence-corrected chi connectivity index (χ0v) is 18.0. The first-order valence-corrected chi connectivity index (χ1v) is 11.9. The Morgan fingerprint density at radius 1 is 1.17 bits per heavy atom. The van der Waals surface area contributed by atoms with Gasteiger partial charge in [0.1, 0.15) is 6.04 Å². The lowest BCUT2D eigenvalue weighted by atomic mass is 10.2. The lowest BCUT2D eigenvalue weighted by molar-refractivity contribution is -0.126. The fourth-order valence-electron chi connectivity index (χ4n) is 2.64. The number of benzene rings is 1. The predicted molar refractivity (Wildman–Crippen MR) is 117 cm³/mol. The van der Waals surface area contributed by atoms with Crippen LogP contribution in [-0.2, 0) is 19.4 Å². The number of rotatable bonds is 10. The minimum absolute atomic E-state index is 0.117. The fraction of sp³-hybridized carbons (Fsp3) is 0.333. The average molecular weight is 435 g/mol. The highest BCUT2D eigenvalue weighted by Crippen LogP contribution is 2.30. The summed E-state index contributed by atoms with van der Waals surface area (Å²) in [5.74, 6) is -1.80. The van der Waals surface area contributed by atoms with Crippen molar-refractivity contribution in [2.75, 3.05) is 5.75 Å². The molecule has 0 saturated carbocycles. The van der Waals surface area contributed by atoms with E-state index in [1.54, 1.807) is 23.9 Å². The maximum atomic E-state index is 12.8. The number of nitrogens with two attached hydrogens (primary N) is 1. The summed E-state index contributed by atoms with van der Waals surface area (Å²) in [6, 6.07) is 8.52. The van der Waals surface area contributed by atoms with Crippen LogP contribution in [-0.4, -0.2) is 32.0 Å². The molecular weight excluding hydrogens is 408 g/mol. The van der Waals surface area contributed by atoms with E-state index >= 15 is 0 Å². The van der Waals surface area contributed by atoms with Crippen molar-refractivity contribution < 1.29 is 18.0 Å². The van der Waals surface area contributed by atoms with E-state index in [0.717, 1.165) is 16.2 Å². The molecule has 2 rings (SSSR count). The largest absolute Gasteiger partial charge is 0.368 e. The van der Waals surface area contributed by atoms with Crippen molar-refractivity contribution in [1.29, 1.82) is 0 Å². The third kappa shape index (κ3) is 7.55. The van der Waals surface area contributed by atoms with Gasteiger partial charge in [-0.15, -0.1) is 0 Å². The summed E-state index contributed by atoms with van der Waals surface area (Å²) in [5, 5.41) is 2.44. The molecule has 1 atom stereocenters. The summed E-state index contributed by atoms with van der Waals surface area (Å²) in [6.45, 7) is 1.94. The highest BCUT2D eigenvalue weighted by atomic mass is 32.2. The maximum Gasteiger partial charge on any atom is 0.241 e. The second-order valence-electron chi connectivity index (χ2n) is 6.60. The molecule has 0 saturated heterocycles. The third-order valence-corrected chi connectivity index (χ3v) is 7.05. The number of unbranched alkanes of at least 4 members (excludes halogenated alkanes) is 1. The summed E-state index contributed by atoms with van der Waals surface area (Å²) >= 11 is 1.54. The summed E-state index contributed by atoms with van der Waals surface area (Å²) < 4.78 is 25.6. The molecule has 0 heterocycles. The minimum atomic E-state index is -3.80. The van der Waals surface area contributed by atoms with Gasteiger partial charge in [0.05, 0.1) is 10.7 Å². The molecule has 0 aliphatic heterocycles. The van der Waals surface area contributed by atoms with E-state index in [0.29, 0.717) is 12.8 Å². The third-order valence-electron chi connectivity index (χ3n) is 4.21. The van der Waals surface area contributed by atoms with Gasteiger partial charge in [-0.2, -0.15) is 0 Å². The minimum Gasteiger partial charge on any atom is -0.368 e. The number of carbonyl (C=O) groups is 2. The van der Waals surface area contributed by atoms with E-state index in [1.807, 2.05) is 43.3 Å². The molecule has 1 aliphatic carbocycles. The molecule has 0 spiro atoms. The summed E-state index contributed by atoms with van der Waals surface area (Å²) in [4.78, 5) is 25.7. The average Bonchev–Trinajstić information content (AvgIpc) is 2.92. The Hall–Kier alpha value is -2.32. The van der Waals surface area contributed by atoms with Crippen LogP contribution in [0.15, 0.2) is 69.3 Å². The Kier molecular flexibility index (Phi) is 8.72. The highest BCUT2D eigenvalue weighted by molar-refractivity contribution is 8.03. The molecule has 2 amide bonds. The lowest BCUT2D eigenvalue weighted by Crippen LogP contribution is -2.48. The van der Waals surface area contributed by atoms with Crippen molar-refractivity contribution in [1.82, 2.24) is 5.32 Å². The van der Waals surface area contributed by atoms with E-state index in [-0.39, 0.29) is 17.2 Å². The Bertz CT molecular complexity index is 919. The second kappa shape index (κ2) is 11.0. The Morgan fingerprint density at radius 3 is 2.55 bits per heavy atom. The van der Waals surface area contributed by atoms with Gasteiger partial charge in [0.2, 0.25) is 11.8 Å². The normalized spacial score (nSPS) is 15.1. The topological polar surface area (TPSA) is 106 Å². The lowest BCUT2D eigenvalue weighted by Gasteiger charge is -2.16. The quantitative estimate of drug-likeness (QED) is 0.589. The molecule has 1 aliphatic rings. The molecule has 3 N–H and O–H groups in total. The van der Waals surface area contributed by atoms with Crippen LogP contribution in [0.5, 0.6) is 0 Å². The van der Waals surface area contributed by atoms with E-state index < -0.39 is 27.5 Å². The summed E-state index contributed by atoms with van der Waals surface area (Å²) in [5.41, 5.74) is 5.32. The van der Waals surface area contributed by atoms with Gasteiger partial charge in [0.15, 0.2) is 9.84 Å². The van der Waals surface area contributed by atoms with Crippen molar-refractivity contribution >= 4 is 33.4 Å². The van der Waals surface area contributed by atoms with Gasteiger partial charge in [-0.1, -0.05) is 55.5 Å². The molecule has 156 valence electrons. The molecule has 0 fully saturated rings. The van der Waals surface area contributed by atoms with E-state index in [9.17, 15) is 18.0 Å². The van der Waals surface area contributed by atoms with Gasteiger partial charge in [-0.05, 0) is 37.1 Å². The van der Waals surface area contributed by atoms with Gasteiger partial charge in [-0.3, -0.25) is 9.59 Å². The summed E-state index contributed by atoms with van der Waals surface area (Å²) in [6.07, 6.45) is 8.96. The van der Waals surface area contributed by atoms with Crippen LogP contribution in [0.25, 0.3) is 0 Å². The number of amides is 2. The zero-order chi connectivity index (χ0) is 21.3. The Morgan fingerprint density at radius 2 is 1.90 bits per heavy atom. The van der Waals surface area contributed by atoms with E-state index in [4.69, 9.17) is 5.73 Å². The molecule has 0 aromatic heterocycles. The van der Waals surface area contributed by atoms with Crippen LogP contribution >= 0.6 is 11.8 Å². The van der Waals surface area contributed by atoms with Gasteiger partial charge in [0, 0.05) is 16.2 Å². The van der Waals surface area contributed by atoms with Crippen LogP contribution in [0.1, 0.15) is 32.6 Å². The smallest absolute Gasteiger partial charge is 0.241 e. The molecule has 0 radical (unpaired) electrons. The molecule has 8 heteroatoms. The highest BCUT2D eigenvalue weighted by Gasteiger charge is 2.27. The van der Waals surface area contributed by atoms with Crippen LogP contribution in [0, 0.1) is 0 Å². The predicted octanol–water partition coefficient (Wildman–Crippen LogP) is 3.08. The number of allylic oxidation sites excluding steroid dienone is 4. The van der Waals surface area contributed by atoms with Crippen molar-refractivity contribution in [3.8, 4) is 0 Å². The van der Waals surface area contributed by atoms with Crippen LogP contribution < -0.4 is 11.1 Å². The van der Waals surface area contributed by atoms with Crippen molar-refractivity contribution in [2.24, 2.45) is 5.73 Å². The summed E-state index contributed by atoms with van der Waals surface area (Å²) in [7, 11) is -3.80. The van der Waals surface area contributed by atoms with Gasteiger partial charge in [0.25, 0.3) is 0 Å². The molecular formula is C21H26N2O4S2. The number of thioether (sulfide) groups is 1. The first kappa shape index (κ1) is 23.0. The maximum absolute atomic E-state index is 12.8. The monoisotopic (exact) mass is 434 g/mol. The Labute approximate surface area is 176 Å². The number of sulfone groups is 1. The van der Waals surface area contributed by atoms with Crippen molar-refractivity contribution in [2.45, 2.75) is 43.5 Å². The molecule has 0 bridgehead atoms. The van der Waals surface area contributed by atoms with Gasteiger partial charge in [-0.25, -0.2) is 8.42 Å². The van der Waals surface area contributed by atoms with Crippen LogP contribution in [0.2, 0.25) is 0 Å². The number of carbonyl (C=O) groups excluding carboxylic acids is 2. The van der Waals surface area contributed by atoms with E-state index in [1.165, 1.54) is 6.08 Å². The van der Waals surface area contributed by atoms with Crippen molar-refractivity contribution in [3.05, 3.63) is 64.4 Å². The Balaban J connectivity index is 2.05. The molecule has 6 nitrogen and oxygen atoms in total. The number of primary amides is 1. The molecule has 1 unspecified atom stereocenters.